The third-order valence-corrected chi connectivity index (χ3v) is 2.74. The first kappa shape index (κ1) is 12.1. The van der Waals surface area contributed by atoms with Gasteiger partial charge < -0.3 is 5.32 Å². The van der Waals surface area contributed by atoms with Crippen LogP contribution in [-0.4, -0.2) is 10.3 Å². The second-order valence-corrected chi connectivity index (χ2v) is 4.22. The van der Waals surface area contributed by atoms with E-state index in [2.05, 4.69) is 20.3 Å². The normalized spacial score (nSPS) is 10.6. The van der Waals surface area contributed by atoms with Crippen LogP contribution in [0.2, 0.25) is 10.0 Å². The number of benzene rings is 1. The van der Waals surface area contributed by atoms with Crippen LogP contribution in [0.1, 0.15) is 11.4 Å². The summed E-state index contributed by atoms with van der Waals surface area (Å²) >= 11 is 11.3. The van der Waals surface area contributed by atoms with Crippen molar-refractivity contribution in [3.05, 3.63) is 39.4 Å². The van der Waals surface area contributed by atoms with Gasteiger partial charge in [-0.2, -0.15) is 0 Å². The van der Waals surface area contributed by atoms with Gasteiger partial charge in [0.05, 0.1) is 16.6 Å². The van der Waals surface area contributed by atoms with Crippen LogP contribution in [0.4, 0.5) is 10.1 Å². The highest BCUT2D eigenvalue weighted by Crippen LogP contribution is 2.27. The molecule has 0 unspecified atom stereocenters. The Labute approximate surface area is 107 Å². The molecule has 0 amide bonds. The van der Waals surface area contributed by atoms with Gasteiger partial charge in [-0.25, -0.2) is 9.02 Å². The van der Waals surface area contributed by atoms with Crippen LogP contribution >= 0.6 is 23.2 Å². The third kappa shape index (κ3) is 2.68. The van der Waals surface area contributed by atoms with Crippen molar-refractivity contribution in [1.82, 2.24) is 10.3 Å². The van der Waals surface area contributed by atoms with E-state index in [1.165, 1.54) is 12.1 Å². The summed E-state index contributed by atoms with van der Waals surface area (Å²) in [5.41, 5.74) is 1.96. The van der Waals surface area contributed by atoms with E-state index in [9.17, 15) is 4.39 Å². The zero-order chi connectivity index (χ0) is 12.4. The number of aromatic nitrogens is 2. The van der Waals surface area contributed by atoms with Crippen LogP contribution in [0.25, 0.3) is 0 Å². The maximum absolute atomic E-state index is 13.2. The molecule has 1 heterocycles. The number of aryl methyl sites for hydroxylation is 1. The molecule has 0 aliphatic rings. The minimum atomic E-state index is -0.627. The van der Waals surface area contributed by atoms with Crippen molar-refractivity contribution in [3.8, 4) is 0 Å². The molecule has 90 valence electrons. The van der Waals surface area contributed by atoms with Crippen molar-refractivity contribution in [1.29, 1.82) is 0 Å². The molecule has 0 radical (unpaired) electrons. The molecule has 0 spiro atoms. The van der Waals surface area contributed by atoms with Crippen LogP contribution in [0.3, 0.4) is 0 Å². The molecule has 0 aliphatic heterocycles. The molecule has 2 aromatic rings. The van der Waals surface area contributed by atoms with E-state index in [0.717, 1.165) is 0 Å². The SMILES string of the molecule is Cc1nonc1CNc1cc(Cl)c(F)c(Cl)c1. The molecule has 4 nitrogen and oxygen atoms in total. The van der Waals surface area contributed by atoms with Gasteiger partial charge in [-0.05, 0) is 19.1 Å². The van der Waals surface area contributed by atoms with E-state index in [1.54, 1.807) is 6.92 Å². The lowest BCUT2D eigenvalue weighted by atomic mass is 10.3. The molecule has 0 aliphatic carbocycles. The fraction of sp³-hybridized carbons (Fsp3) is 0.200. The minimum Gasteiger partial charge on any atom is -0.379 e. The Morgan fingerprint density at radius 1 is 1.29 bits per heavy atom. The molecule has 2 rings (SSSR count). The number of hydrogen-bond donors (Lipinski definition) is 1. The summed E-state index contributed by atoms with van der Waals surface area (Å²) in [6.07, 6.45) is 0. The van der Waals surface area contributed by atoms with E-state index >= 15 is 0 Å². The van der Waals surface area contributed by atoms with E-state index in [-0.39, 0.29) is 10.0 Å². The molecule has 1 aromatic carbocycles. The zero-order valence-electron chi connectivity index (χ0n) is 8.80. The maximum atomic E-state index is 13.2. The smallest absolute Gasteiger partial charge is 0.160 e. The zero-order valence-corrected chi connectivity index (χ0v) is 10.3. The van der Waals surface area contributed by atoms with Crippen molar-refractivity contribution in [3.63, 3.8) is 0 Å². The van der Waals surface area contributed by atoms with Gasteiger partial charge in [-0.15, -0.1) is 0 Å². The monoisotopic (exact) mass is 275 g/mol. The fourth-order valence-corrected chi connectivity index (χ4v) is 1.74. The predicted octanol–water partition coefficient (Wildman–Crippen LogP) is 3.44. The molecule has 7 heteroatoms. The summed E-state index contributed by atoms with van der Waals surface area (Å²) in [5, 5.41) is 10.3. The first-order chi connectivity index (χ1) is 8.08. The van der Waals surface area contributed by atoms with Gasteiger partial charge in [-0.1, -0.05) is 33.5 Å². The highest BCUT2D eigenvalue weighted by Gasteiger charge is 2.09. The van der Waals surface area contributed by atoms with E-state index in [4.69, 9.17) is 23.2 Å². The molecule has 0 atom stereocenters. The van der Waals surface area contributed by atoms with Crippen molar-refractivity contribution < 1.29 is 9.02 Å². The largest absolute Gasteiger partial charge is 0.379 e. The first-order valence-electron chi connectivity index (χ1n) is 4.74. The van der Waals surface area contributed by atoms with Crippen molar-refractivity contribution in [2.75, 3.05) is 5.32 Å². The van der Waals surface area contributed by atoms with Crippen molar-refractivity contribution >= 4 is 28.9 Å². The Balaban J connectivity index is 2.12. The van der Waals surface area contributed by atoms with Gasteiger partial charge in [0.2, 0.25) is 0 Å². The van der Waals surface area contributed by atoms with Crippen molar-refractivity contribution in [2.24, 2.45) is 0 Å². The Morgan fingerprint density at radius 2 is 1.94 bits per heavy atom. The molecular weight excluding hydrogens is 268 g/mol. The number of rotatable bonds is 3. The van der Waals surface area contributed by atoms with E-state index in [0.29, 0.717) is 23.6 Å². The van der Waals surface area contributed by atoms with Gasteiger partial charge in [0.15, 0.2) is 5.82 Å². The number of nitrogens with zero attached hydrogens (tertiary/aromatic N) is 2. The van der Waals surface area contributed by atoms with Gasteiger partial charge in [0.25, 0.3) is 0 Å². The average molecular weight is 276 g/mol. The van der Waals surface area contributed by atoms with Gasteiger partial charge in [0, 0.05) is 5.69 Å². The highest BCUT2D eigenvalue weighted by molar-refractivity contribution is 6.35. The van der Waals surface area contributed by atoms with Crippen LogP contribution in [-0.2, 0) is 6.54 Å². The summed E-state index contributed by atoms with van der Waals surface area (Å²) < 4.78 is 17.7. The summed E-state index contributed by atoms with van der Waals surface area (Å²) in [5.74, 6) is -0.627. The van der Waals surface area contributed by atoms with Gasteiger partial charge >= 0.3 is 0 Å². The van der Waals surface area contributed by atoms with E-state index < -0.39 is 5.82 Å². The first-order valence-corrected chi connectivity index (χ1v) is 5.50. The summed E-state index contributed by atoms with van der Waals surface area (Å²) in [7, 11) is 0. The van der Waals surface area contributed by atoms with Crippen LogP contribution in [0.15, 0.2) is 16.8 Å². The topological polar surface area (TPSA) is 51.0 Å². The number of nitrogens with one attached hydrogen (secondary N) is 1. The van der Waals surface area contributed by atoms with Crippen LogP contribution < -0.4 is 5.32 Å². The van der Waals surface area contributed by atoms with Gasteiger partial charge in [0.1, 0.15) is 11.4 Å². The molecule has 1 aromatic heterocycles. The number of anilines is 1. The second kappa shape index (κ2) is 4.89. The molecule has 0 bridgehead atoms. The third-order valence-electron chi connectivity index (χ3n) is 2.19. The highest BCUT2D eigenvalue weighted by atomic mass is 35.5. The predicted molar refractivity (Wildman–Crippen MR) is 62.8 cm³/mol. The van der Waals surface area contributed by atoms with Crippen molar-refractivity contribution in [2.45, 2.75) is 13.5 Å². The maximum Gasteiger partial charge on any atom is 0.160 e. The molecule has 0 saturated carbocycles. The average Bonchev–Trinajstić information content (AvgIpc) is 2.69. The molecule has 0 fully saturated rings. The standard InChI is InChI=1S/C10H8Cl2FN3O/c1-5-9(16-17-15-5)4-14-6-2-7(11)10(13)8(12)3-6/h2-3,14H,4H2,1H3. The summed E-state index contributed by atoms with van der Waals surface area (Å²) in [4.78, 5) is 0. The Hall–Kier alpha value is -1.33. The Kier molecular flexibility index (Phi) is 3.49. The minimum absolute atomic E-state index is 0.0324. The fourth-order valence-electron chi connectivity index (χ4n) is 1.25. The summed E-state index contributed by atoms with van der Waals surface area (Å²) in [6, 6.07) is 2.90. The quantitative estimate of drug-likeness (QED) is 0.872. The summed E-state index contributed by atoms with van der Waals surface area (Å²) in [6.45, 7) is 2.17. The number of hydrogen-bond acceptors (Lipinski definition) is 4. The number of halogens is 3. The molecular formula is C10H8Cl2FN3O. The Morgan fingerprint density at radius 3 is 2.47 bits per heavy atom. The molecule has 0 saturated heterocycles. The van der Waals surface area contributed by atoms with E-state index in [1.807, 2.05) is 0 Å². The lowest BCUT2D eigenvalue weighted by molar-refractivity contribution is 0.301. The lowest BCUT2D eigenvalue weighted by Gasteiger charge is -2.06. The lowest BCUT2D eigenvalue weighted by Crippen LogP contribution is -2.01. The van der Waals surface area contributed by atoms with Gasteiger partial charge in [-0.3, -0.25) is 0 Å². The van der Waals surface area contributed by atoms with Crippen LogP contribution in [0, 0.1) is 12.7 Å². The van der Waals surface area contributed by atoms with Crippen LogP contribution in [0.5, 0.6) is 0 Å². The molecule has 17 heavy (non-hydrogen) atoms. The second-order valence-electron chi connectivity index (χ2n) is 3.40. The molecule has 1 N–H and O–H groups in total. The Bertz CT molecular complexity index is 521.